The largest absolute Gasteiger partial charge is 0.493 e. The van der Waals surface area contributed by atoms with Crippen molar-refractivity contribution in [3.05, 3.63) is 75.3 Å². The molecular formula is C24H23N3O7. The molecule has 2 N–H and O–H groups in total. The van der Waals surface area contributed by atoms with Crippen molar-refractivity contribution in [2.45, 2.75) is 13.1 Å². The minimum Gasteiger partial charge on any atom is -0.493 e. The van der Waals surface area contributed by atoms with Gasteiger partial charge in [0.25, 0.3) is 5.69 Å². The maximum absolute atomic E-state index is 11.6. The first kappa shape index (κ1) is 22.7. The van der Waals surface area contributed by atoms with Gasteiger partial charge < -0.3 is 29.5 Å². The first-order valence-electron chi connectivity index (χ1n) is 10.3. The number of nitro groups is 1. The summed E-state index contributed by atoms with van der Waals surface area (Å²) in [4.78, 5) is 24.2. The second-order valence-corrected chi connectivity index (χ2v) is 7.64. The maximum atomic E-state index is 11.6. The van der Waals surface area contributed by atoms with Gasteiger partial charge in [0.15, 0.2) is 11.5 Å². The molecule has 1 heterocycles. The highest BCUT2D eigenvalue weighted by Crippen LogP contribution is 2.43. The summed E-state index contributed by atoms with van der Waals surface area (Å²) in [6.45, 7) is 1.29. The Balaban J connectivity index is 1.59. The van der Waals surface area contributed by atoms with Crippen LogP contribution < -0.4 is 24.4 Å². The van der Waals surface area contributed by atoms with Gasteiger partial charge in [-0.2, -0.15) is 0 Å². The van der Waals surface area contributed by atoms with Crippen LogP contribution in [0.5, 0.6) is 17.2 Å². The molecule has 176 valence electrons. The zero-order valence-corrected chi connectivity index (χ0v) is 18.8. The van der Waals surface area contributed by atoms with Gasteiger partial charge in [-0.1, -0.05) is 6.07 Å². The van der Waals surface area contributed by atoms with E-state index >= 15 is 0 Å². The number of anilines is 3. The Morgan fingerprint density at radius 2 is 1.65 bits per heavy atom. The van der Waals surface area contributed by atoms with Crippen LogP contribution >= 0.6 is 0 Å². The van der Waals surface area contributed by atoms with E-state index in [0.717, 1.165) is 22.9 Å². The van der Waals surface area contributed by atoms with E-state index < -0.39 is 10.9 Å². The minimum atomic E-state index is -1.25. The lowest BCUT2D eigenvalue weighted by Crippen LogP contribution is -2.14. The average molecular weight is 465 g/mol. The monoisotopic (exact) mass is 465 g/mol. The number of methoxy groups -OCH3 is 3. The number of hydrogen-bond donors (Lipinski definition) is 2. The van der Waals surface area contributed by atoms with Crippen molar-refractivity contribution in [3.8, 4) is 17.2 Å². The maximum Gasteiger partial charge on any atom is 0.338 e. The second kappa shape index (κ2) is 9.18. The highest BCUT2D eigenvalue weighted by atomic mass is 16.6. The lowest BCUT2D eigenvalue weighted by Gasteiger charge is -2.21. The van der Waals surface area contributed by atoms with Gasteiger partial charge in [-0.05, 0) is 29.3 Å². The standard InChI is InChI=1S/C24H23N3O7/c1-32-21-10-18(11-22(33-2)23(21)34-3)26-12-14-4-5-16(8-15(14)13-26)25-20-7-6-17(27(30)31)9-19(20)24(28)29/h4-11,25H,12-13H2,1-3H3,(H,28,29). The Morgan fingerprint density at radius 3 is 2.24 bits per heavy atom. The van der Waals surface area contributed by atoms with Crippen molar-refractivity contribution in [2.24, 2.45) is 0 Å². The van der Waals surface area contributed by atoms with Crippen molar-refractivity contribution < 1.29 is 29.0 Å². The first-order valence-corrected chi connectivity index (χ1v) is 10.3. The summed E-state index contributed by atoms with van der Waals surface area (Å²) >= 11 is 0. The Hall–Kier alpha value is -4.47. The van der Waals surface area contributed by atoms with E-state index in [-0.39, 0.29) is 16.9 Å². The number of rotatable bonds is 8. The van der Waals surface area contributed by atoms with Gasteiger partial charge in [0.2, 0.25) is 5.75 Å². The fourth-order valence-electron chi connectivity index (χ4n) is 3.99. The summed E-state index contributed by atoms with van der Waals surface area (Å²) in [5.74, 6) is 0.402. The molecule has 0 bridgehead atoms. The number of nitrogens with one attached hydrogen (secondary N) is 1. The molecule has 34 heavy (non-hydrogen) atoms. The van der Waals surface area contributed by atoms with E-state index in [4.69, 9.17) is 14.2 Å². The molecule has 3 aromatic rings. The third-order valence-corrected chi connectivity index (χ3v) is 5.67. The third-order valence-electron chi connectivity index (χ3n) is 5.67. The number of fused-ring (bicyclic) bond motifs is 1. The van der Waals surface area contributed by atoms with Crippen molar-refractivity contribution >= 4 is 28.7 Å². The quantitative estimate of drug-likeness (QED) is 0.363. The number of hydrogen-bond acceptors (Lipinski definition) is 8. The number of benzene rings is 3. The van der Waals surface area contributed by atoms with Crippen LogP contribution in [0.1, 0.15) is 21.5 Å². The molecular weight excluding hydrogens is 442 g/mol. The summed E-state index contributed by atoms with van der Waals surface area (Å²) in [5, 5.41) is 23.6. The van der Waals surface area contributed by atoms with Crippen LogP contribution in [0.3, 0.4) is 0 Å². The molecule has 0 spiro atoms. The molecule has 0 saturated carbocycles. The van der Waals surface area contributed by atoms with Crippen LogP contribution in [0.15, 0.2) is 48.5 Å². The van der Waals surface area contributed by atoms with Gasteiger partial charge in [-0.15, -0.1) is 0 Å². The number of nitrogens with zero attached hydrogens (tertiary/aromatic N) is 2. The Bertz CT molecular complexity index is 1250. The number of non-ortho nitro benzene ring substituents is 1. The van der Waals surface area contributed by atoms with Gasteiger partial charge in [-0.25, -0.2) is 4.79 Å². The third kappa shape index (κ3) is 4.25. The molecule has 0 unspecified atom stereocenters. The van der Waals surface area contributed by atoms with E-state index in [0.29, 0.717) is 36.0 Å². The number of aromatic carboxylic acids is 1. The predicted octanol–water partition coefficient (Wildman–Crippen LogP) is 4.58. The topological polar surface area (TPSA) is 123 Å². The fraction of sp³-hybridized carbons (Fsp3) is 0.208. The SMILES string of the molecule is COc1cc(N2Cc3ccc(Nc4ccc([N+](=O)[O-])cc4C(=O)O)cc3C2)cc(OC)c1OC. The molecule has 0 radical (unpaired) electrons. The molecule has 0 saturated heterocycles. The van der Waals surface area contributed by atoms with E-state index in [9.17, 15) is 20.0 Å². The predicted molar refractivity (Wildman–Crippen MR) is 126 cm³/mol. The highest BCUT2D eigenvalue weighted by molar-refractivity contribution is 5.96. The van der Waals surface area contributed by atoms with Gasteiger partial charge >= 0.3 is 5.97 Å². The van der Waals surface area contributed by atoms with Gasteiger partial charge in [-0.3, -0.25) is 10.1 Å². The Labute approximate surface area is 195 Å². The Kier molecular flexibility index (Phi) is 6.13. The molecule has 4 rings (SSSR count). The summed E-state index contributed by atoms with van der Waals surface area (Å²) in [6, 6.07) is 13.3. The van der Waals surface area contributed by atoms with Crippen LogP contribution in [0.2, 0.25) is 0 Å². The normalized spacial score (nSPS) is 12.1. The van der Waals surface area contributed by atoms with E-state index in [1.165, 1.54) is 12.1 Å². The zero-order valence-electron chi connectivity index (χ0n) is 18.8. The van der Waals surface area contributed by atoms with E-state index in [1.807, 2.05) is 30.3 Å². The van der Waals surface area contributed by atoms with Gasteiger partial charge in [0, 0.05) is 48.7 Å². The van der Waals surface area contributed by atoms with Gasteiger partial charge in [0.05, 0.1) is 37.5 Å². The van der Waals surface area contributed by atoms with Crippen LogP contribution in [0.4, 0.5) is 22.7 Å². The van der Waals surface area contributed by atoms with E-state index in [2.05, 4.69) is 10.2 Å². The summed E-state index contributed by atoms with van der Waals surface area (Å²) in [5.41, 5.74) is 3.61. The molecule has 0 aromatic heterocycles. The van der Waals surface area contributed by atoms with Crippen molar-refractivity contribution in [2.75, 3.05) is 31.5 Å². The number of ether oxygens (including phenoxy) is 3. The van der Waals surface area contributed by atoms with Crippen molar-refractivity contribution in [1.29, 1.82) is 0 Å². The molecule has 0 aliphatic carbocycles. The van der Waals surface area contributed by atoms with Crippen LogP contribution in [-0.2, 0) is 13.1 Å². The summed E-state index contributed by atoms with van der Waals surface area (Å²) < 4.78 is 16.3. The lowest BCUT2D eigenvalue weighted by molar-refractivity contribution is -0.384. The van der Waals surface area contributed by atoms with Crippen molar-refractivity contribution in [1.82, 2.24) is 0 Å². The number of carboxylic acid groups (broad SMARTS) is 1. The number of nitro benzene ring substituents is 1. The molecule has 0 atom stereocenters. The minimum absolute atomic E-state index is 0.172. The molecule has 10 heteroatoms. The van der Waals surface area contributed by atoms with Crippen LogP contribution in [0, 0.1) is 10.1 Å². The van der Waals surface area contributed by atoms with E-state index in [1.54, 1.807) is 21.3 Å². The number of carboxylic acids is 1. The average Bonchev–Trinajstić information content (AvgIpc) is 3.26. The fourth-order valence-corrected chi connectivity index (χ4v) is 3.99. The molecule has 1 aliphatic heterocycles. The zero-order chi connectivity index (χ0) is 24.4. The van der Waals surface area contributed by atoms with Gasteiger partial charge in [0.1, 0.15) is 0 Å². The summed E-state index contributed by atoms with van der Waals surface area (Å²) in [7, 11) is 4.70. The lowest BCUT2D eigenvalue weighted by atomic mass is 10.1. The molecule has 0 fully saturated rings. The van der Waals surface area contributed by atoms with Crippen LogP contribution in [0.25, 0.3) is 0 Å². The highest BCUT2D eigenvalue weighted by Gasteiger charge is 2.23. The molecule has 1 aliphatic rings. The number of carbonyl (C=O) groups is 1. The molecule has 0 amide bonds. The molecule has 3 aromatic carbocycles. The first-order chi connectivity index (χ1) is 16.3. The molecule has 10 nitrogen and oxygen atoms in total. The van der Waals surface area contributed by atoms with Crippen LogP contribution in [-0.4, -0.2) is 37.3 Å². The second-order valence-electron chi connectivity index (χ2n) is 7.64. The van der Waals surface area contributed by atoms with Crippen molar-refractivity contribution in [3.63, 3.8) is 0 Å². The smallest absolute Gasteiger partial charge is 0.338 e. The summed E-state index contributed by atoms with van der Waals surface area (Å²) in [6.07, 6.45) is 0. The Morgan fingerprint density at radius 1 is 0.971 bits per heavy atom.